The maximum Gasteiger partial charge on any atom is 0.337 e. The van der Waals surface area contributed by atoms with Crippen LogP contribution in [0.2, 0.25) is 0 Å². The molecule has 0 atom stereocenters. The standard InChI is InChI=1S/C27H33N3O5S/c1-4-5-17-35-21-8-10-22(11-9-21)36(32,33)25-19-28-24-12-7-20(27(31)34-3)18-23(24)26(25)30-14-6-13-29(2)15-16-30/h7-12,18-19H,4-6,13-17H2,1-3H3. The second-order valence-corrected chi connectivity index (χ2v) is 10.9. The number of hydrogen-bond donors (Lipinski definition) is 0. The Hall–Kier alpha value is -3.17. The molecule has 0 amide bonds. The molecule has 0 N–H and O–H groups in total. The summed E-state index contributed by atoms with van der Waals surface area (Å²) in [6, 6.07) is 11.6. The van der Waals surface area contributed by atoms with Crippen molar-refractivity contribution < 1.29 is 22.7 Å². The number of aromatic nitrogens is 1. The van der Waals surface area contributed by atoms with Crippen molar-refractivity contribution in [3.63, 3.8) is 0 Å². The molecule has 3 aromatic rings. The Morgan fingerprint density at radius 2 is 1.83 bits per heavy atom. The Labute approximate surface area is 212 Å². The smallest absolute Gasteiger partial charge is 0.337 e. The molecule has 0 aliphatic carbocycles. The van der Waals surface area contributed by atoms with E-state index in [9.17, 15) is 13.2 Å². The van der Waals surface area contributed by atoms with E-state index in [1.54, 1.807) is 42.5 Å². The number of carbonyl (C=O) groups excluding carboxylic acids is 1. The van der Waals surface area contributed by atoms with Gasteiger partial charge >= 0.3 is 5.97 Å². The molecular formula is C27H33N3O5S. The minimum atomic E-state index is -3.91. The molecule has 8 nitrogen and oxygen atoms in total. The third kappa shape index (κ3) is 5.47. The van der Waals surface area contributed by atoms with Crippen LogP contribution in [0.1, 0.15) is 36.5 Å². The lowest BCUT2D eigenvalue weighted by atomic mass is 10.1. The number of pyridine rings is 1. The van der Waals surface area contributed by atoms with Crippen LogP contribution in [0.4, 0.5) is 5.69 Å². The first-order valence-electron chi connectivity index (χ1n) is 12.3. The van der Waals surface area contributed by atoms with Crippen molar-refractivity contribution >= 4 is 32.4 Å². The van der Waals surface area contributed by atoms with E-state index in [4.69, 9.17) is 9.47 Å². The van der Waals surface area contributed by atoms with Crippen LogP contribution >= 0.6 is 0 Å². The van der Waals surface area contributed by atoms with E-state index in [0.29, 0.717) is 47.6 Å². The predicted molar refractivity (Wildman–Crippen MR) is 140 cm³/mol. The monoisotopic (exact) mass is 511 g/mol. The summed E-state index contributed by atoms with van der Waals surface area (Å²) in [4.78, 5) is 21.4. The van der Waals surface area contributed by atoms with Crippen molar-refractivity contribution in [3.05, 3.63) is 54.2 Å². The van der Waals surface area contributed by atoms with E-state index in [1.165, 1.54) is 13.3 Å². The van der Waals surface area contributed by atoms with Crippen molar-refractivity contribution in [2.75, 3.05) is 51.8 Å². The molecule has 0 saturated carbocycles. The van der Waals surface area contributed by atoms with Crippen LogP contribution < -0.4 is 9.64 Å². The Morgan fingerprint density at radius 1 is 1.06 bits per heavy atom. The summed E-state index contributed by atoms with van der Waals surface area (Å²) in [5, 5.41) is 0.614. The quantitative estimate of drug-likeness (QED) is 0.329. The number of ether oxygens (including phenoxy) is 2. The molecule has 1 aliphatic rings. The van der Waals surface area contributed by atoms with E-state index in [0.717, 1.165) is 32.4 Å². The highest BCUT2D eigenvalue weighted by atomic mass is 32.2. The largest absolute Gasteiger partial charge is 0.494 e. The van der Waals surface area contributed by atoms with E-state index >= 15 is 0 Å². The van der Waals surface area contributed by atoms with Gasteiger partial charge in [0.15, 0.2) is 0 Å². The Morgan fingerprint density at radius 3 is 2.56 bits per heavy atom. The molecule has 4 rings (SSSR count). The first kappa shape index (κ1) is 25.9. The minimum Gasteiger partial charge on any atom is -0.494 e. The van der Waals surface area contributed by atoms with E-state index in [2.05, 4.69) is 28.8 Å². The molecule has 2 heterocycles. The minimum absolute atomic E-state index is 0.126. The number of sulfone groups is 1. The van der Waals surface area contributed by atoms with Gasteiger partial charge in [-0.1, -0.05) is 13.3 Å². The summed E-state index contributed by atoms with van der Waals surface area (Å²) in [5.74, 6) is 0.155. The zero-order valence-corrected chi connectivity index (χ0v) is 21.9. The molecule has 192 valence electrons. The molecule has 1 aliphatic heterocycles. The molecule has 1 aromatic heterocycles. The molecule has 0 radical (unpaired) electrons. The van der Waals surface area contributed by atoms with Gasteiger partial charge in [0.2, 0.25) is 9.84 Å². The number of rotatable bonds is 8. The Bertz CT molecular complexity index is 1330. The van der Waals surface area contributed by atoms with Gasteiger partial charge in [0.1, 0.15) is 10.6 Å². The predicted octanol–water partition coefficient (Wildman–Crippen LogP) is 4.18. The van der Waals surface area contributed by atoms with Gasteiger partial charge in [-0.25, -0.2) is 13.2 Å². The SMILES string of the molecule is CCCCOc1ccc(S(=O)(=O)c2cnc3ccc(C(=O)OC)cc3c2N2CCCN(C)CC2)cc1. The second kappa shape index (κ2) is 11.3. The van der Waals surface area contributed by atoms with Gasteiger partial charge in [0.25, 0.3) is 0 Å². The summed E-state index contributed by atoms with van der Waals surface area (Å²) in [5.41, 5.74) is 1.54. The highest BCUT2D eigenvalue weighted by Gasteiger charge is 2.28. The first-order valence-corrected chi connectivity index (χ1v) is 13.8. The zero-order chi connectivity index (χ0) is 25.7. The lowest BCUT2D eigenvalue weighted by molar-refractivity contribution is 0.0601. The van der Waals surface area contributed by atoms with Crippen LogP contribution in [0.5, 0.6) is 5.75 Å². The maximum atomic E-state index is 13.9. The van der Waals surface area contributed by atoms with Gasteiger partial charge in [-0.2, -0.15) is 0 Å². The molecule has 0 bridgehead atoms. The first-order chi connectivity index (χ1) is 17.3. The topological polar surface area (TPSA) is 89.0 Å². The molecule has 2 aromatic carbocycles. The number of fused-ring (bicyclic) bond motifs is 1. The highest BCUT2D eigenvalue weighted by Crippen LogP contribution is 2.37. The van der Waals surface area contributed by atoms with Crippen molar-refractivity contribution in [2.24, 2.45) is 0 Å². The fraction of sp³-hybridized carbons (Fsp3) is 0.407. The van der Waals surface area contributed by atoms with Crippen LogP contribution in [0.3, 0.4) is 0 Å². The summed E-state index contributed by atoms with van der Waals surface area (Å²) < 4.78 is 38.5. The van der Waals surface area contributed by atoms with Crippen molar-refractivity contribution in [1.29, 1.82) is 0 Å². The number of benzene rings is 2. The molecule has 0 unspecified atom stereocenters. The molecule has 9 heteroatoms. The zero-order valence-electron chi connectivity index (χ0n) is 21.1. The van der Waals surface area contributed by atoms with Crippen molar-refractivity contribution in [2.45, 2.75) is 36.0 Å². The fourth-order valence-electron chi connectivity index (χ4n) is 4.37. The molecule has 1 saturated heterocycles. The van der Waals surface area contributed by atoms with Gasteiger partial charge in [-0.3, -0.25) is 4.98 Å². The summed E-state index contributed by atoms with van der Waals surface area (Å²) in [7, 11) is -0.519. The van der Waals surface area contributed by atoms with E-state index in [1.807, 2.05) is 0 Å². The average Bonchev–Trinajstić information content (AvgIpc) is 3.11. The summed E-state index contributed by atoms with van der Waals surface area (Å²) in [6.45, 7) is 5.75. The molecule has 36 heavy (non-hydrogen) atoms. The number of esters is 1. The number of carbonyl (C=O) groups is 1. The van der Waals surface area contributed by atoms with Crippen LogP contribution in [0, 0.1) is 0 Å². The summed E-state index contributed by atoms with van der Waals surface area (Å²) in [6.07, 6.45) is 4.28. The Balaban J connectivity index is 1.83. The maximum absolute atomic E-state index is 13.9. The fourth-order valence-corrected chi connectivity index (χ4v) is 5.81. The normalized spacial score (nSPS) is 15.0. The molecule has 0 spiro atoms. The lowest BCUT2D eigenvalue weighted by Crippen LogP contribution is -2.30. The number of anilines is 1. The van der Waals surface area contributed by atoms with Crippen LogP contribution in [-0.2, 0) is 14.6 Å². The van der Waals surface area contributed by atoms with Crippen LogP contribution in [0.25, 0.3) is 10.9 Å². The average molecular weight is 512 g/mol. The third-order valence-electron chi connectivity index (χ3n) is 6.45. The third-order valence-corrected chi connectivity index (χ3v) is 8.22. The van der Waals surface area contributed by atoms with E-state index in [-0.39, 0.29) is 9.79 Å². The van der Waals surface area contributed by atoms with Gasteiger partial charge in [-0.15, -0.1) is 0 Å². The second-order valence-electron chi connectivity index (χ2n) is 9.02. The number of methoxy groups -OCH3 is 1. The van der Waals surface area contributed by atoms with Crippen LogP contribution in [0.15, 0.2) is 58.5 Å². The highest BCUT2D eigenvalue weighted by molar-refractivity contribution is 7.91. The van der Waals surface area contributed by atoms with E-state index < -0.39 is 15.8 Å². The van der Waals surface area contributed by atoms with Gasteiger partial charge in [0, 0.05) is 31.2 Å². The molecular weight excluding hydrogens is 478 g/mol. The van der Waals surface area contributed by atoms with Crippen molar-refractivity contribution in [3.8, 4) is 5.75 Å². The number of likely N-dealkylation sites (N-methyl/N-ethyl adjacent to an activating group) is 1. The van der Waals surface area contributed by atoms with Gasteiger partial charge in [0.05, 0.1) is 35.4 Å². The van der Waals surface area contributed by atoms with Crippen molar-refractivity contribution in [1.82, 2.24) is 9.88 Å². The molecule has 1 fully saturated rings. The Kier molecular flexibility index (Phi) is 8.11. The summed E-state index contributed by atoms with van der Waals surface area (Å²) >= 11 is 0. The van der Waals surface area contributed by atoms with Crippen LogP contribution in [-0.4, -0.2) is 71.2 Å². The number of unbranched alkanes of at least 4 members (excludes halogenated alkanes) is 1. The number of hydrogen-bond acceptors (Lipinski definition) is 8. The number of nitrogens with zero attached hydrogens (tertiary/aromatic N) is 3. The van der Waals surface area contributed by atoms with Gasteiger partial charge in [-0.05, 0) is 68.9 Å². The lowest BCUT2D eigenvalue weighted by Gasteiger charge is -2.27. The van der Waals surface area contributed by atoms with Gasteiger partial charge < -0.3 is 19.3 Å².